The summed E-state index contributed by atoms with van der Waals surface area (Å²) in [4.78, 5) is 0. The zero-order valence-electron chi connectivity index (χ0n) is 14.5. The first-order valence-electron chi connectivity index (χ1n) is 8.78. The van der Waals surface area contributed by atoms with Crippen molar-refractivity contribution in [2.24, 2.45) is 0 Å². The van der Waals surface area contributed by atoms with E-state index >= 15 is 0 Å². The molecule has 4 aromatic rings. The Morgan fingerprint density at radius 3 is 2.04 bits per heavy atom. The van der Waals surface area contributed by atoms with Crippen molar-refractivity contribution in [3.63, 3.8) is 0 Å². The molecule has 0 amide bonds. The third-order valence-electron chi connectivity index (χ3n) is 4.22. The van der Waals surface area contributed by atoms with Gasteiger partial charge in [-0.25, -0.2) is 0 Å². The van der Waals surface area contributed by atoms with Crippen LogP contribution in [0, 0.1) is 0 Å². The molecule has 128 valence electrons. The number of para-hydroxylation sites is 1. The molecule has 3 heteroatoms. The number of rotatable bonds is 6. The second-order valence-electron chi connectivity index (χ2n) is 6.05. The van der Waals surface area contributed by atoms with E-state index in [0.717, 1.165) is 23.4 Å². The van der Waals surface area contributed by atoms with E-state index in [0.29, 0.717) is 15.0 Å². The average molecular weight is 403 g/mol. The van der Waals surface area contributed by atoms with Crippen molar-refractivity contribution in [1.29, 1.82) is 0 Å². The van der Waals surface area contributed by atoms with Gasteiger partial charge in [0.15, 0.2) is 0 Å². The molecule has 0 saturated heterocycles. The van der Waals surface area contributed by atoms with Gasteiger partial charge in [0.1, 0.15) is 0 Å². The molecule has 2 nitrogen and oxygen atoms in total. The first-order chi connectivity index (χ1) is 12.9. The van der Waals surface area contributed by atoms with Crippen LogP contribution in [0.3, 0.4) is 0 Å². The van der Waals surface area contributed by atoms with Gasteiger partial charge in [-0.15, -0.1) is 0 Å². The molecule has 0 fully saturated rings. The van der Waals surface area contributed by atoms with E-state index in [-0.39, 0.29) is 0 Å². The van der Waals surface area contributed by atoms with Crippen molar-refractivity contribution in [1.82, 2.24) is 9.78 Å². The Bertz CT molecular complexity index is 947. The number of aromatic nitrogens is 2. The molecule has 0 atom stereocenters. The maximum absolute atomic E-state index is 4.90. The van der Waals surface area contributed by atoms with Gasteiger partial charge in [-0.2, -0.15) is 0 Å². The molecule has 0 spiro atoms. The molecule has 0 unspecified atom stereocenters. The van der Waals surface area contributed by atoms with Crippen molar-refractivity contribution in [3.8, 4) is 16.9 Å². The van der Waals surface area contributed by atoms with Crippen LogP contribution in [0.15, 0.2) is 97.1 Å². The predicted octanol–water partition coefficient (Wildman–Crippen LogP) is 4.53. The summed E-state index contributed by atoms with van der Waals surface area (Å²) in [5, 5.41) is 6.07. The van der Waals surface area contributed by atoms with Crippen LogP contribution in [0.1, 0.15) is 5.69 Å². The number of aryl methyl sites for hydroxylation is 1. The van der Waals surface area contributed by atoms with E-state index in [1.807, 2.05) is 12.1 Å². The standard InChI is InChI=1S/C23H20N2Se/c1-4-10-19(11-5-1)23-18-21(16-17-26-22-14-8-3-9-15-22)25(24-23)20-12-6-2-7-13-20/h1-15,18H,16-17H2. The summed E-state index contributed by atoms with van der Waals surface area (Å²) < 4.78 is 3.55. The molecule has 0 N–H and O–H groups in total. The quantitative estimate of drug-likeness (QED) is 0.433. The van der Waals surface area contributed by atoms with Crippen LogP contribution in [0.25, 0.3) is 16.9 Å². The normalized spacial score (nSPS) is 10.8. The van der Waals surface area contributed by atoms with Crippen LogP contribution in [0.4, 0.5) is 0 Å². The SMILES string of the molecule is c1ccc([Se]CCc2cc(-c3ccccc3)nn2-c2ccccc2)cc1. The van der Waals surface area contributed by atoms with Crippen molar-refractivity contribution in [2.45, 2.75) is 11.7 Å². The molecule has 0 bridgehead atoms. The molecule has 0 aliphatic carbocycles. The second kappa shape index (κ2) is 8.18. The fraction of sp³-hybridized carbons (Fsp3) is 0.0870. The van der Waals surface area contributed by atoms with Gasteiger partial charge in [0.05, 0.1) is 0 Å². The molecule has 4 rings (SSSR count). The van der Waals surface area contributed by atoms with E-state index < -0.39 is 0 Å². The Morgan fingerprint density at radius 2 is 1.35 bits per heavy atom. The molecule has 0 saturated carbocycles. The predicted molar refractivity (Wildman–Crippen MR) is 109 cm³/mol. The molecular formula is C23H20N2Se. The Hall–Kier alpha value is -2.61. The van der Waals surface area contributed by atoms with Crippen LogP contribution < -0.4 is 4.46 Å². The van der Waals surface area contributed by atoms with Crippen LogP contribution >= 0.6 is 0 Å². The summed E-state index contributed by atoms with van der Waals surface area (Å²) in [6.07, 6.45) is 1.03. The number of benzene rings is 3. The average Bonchev–Trinajstić information content (AvgIpc) is 3.14. The Kier molecular flexibility index (Phi) is 5.30. The summed E-state index contributed by atoms with van der Waals surface area (Å²) in [6, 6.07) is 33.8. The third-order valence-corrected chi connectivity index (χ3v) is 6.35. The monoisotopic (exact) mass is 404 g/mol. The minimum atomic E-state index is 0.486. The van der Waals surface area contributed by atoms with E-state index in [1.165, 1.54) is 15.5 Å². The molecule has 0 aliphatic heterocycles. The Morgan fingerprint density at radius 1 is 0.731 bits per heavy atom. The van der Waals surface area contributed by atoms with Gasteiger partial charge >= 0.3 is 161 Å². The summed E-state index contributed by atoms with van der Waals surface area (Å²) in [6.45, 7) is 0. The first kappa shape index (κ1) is 16.8. The van der Waals surface area contributed by atoms with E-state index in [1.54, 1.807) is 0 Å². The van der Waals surface area contributed by atoms with Crippen LogP contribution in [0.5, 0.6) is 0 Å². The molecule has 1 heterocycles. The fourth-order valence-electron chi connectivity index (χ4n) is 2.93. The topological polar surface area (TPSA) is 17.8 Å². The fourth-order valence-corrected chi connectivity index (χ4v) is 4.81. The first-order valence-corrected chi connectivity index (χ1v) is 10.8. The molecule has 26 heavy (non-hydrogen) atoms. The van der Waals surface area contributed by atoms with Gasteiger partial charge < -0.3 is 0 Å². The van der Waals surface area contributed by atoms with Crippen molar-refractivity contribution >= 4 is 19.4 Å². The number of nitrogens with zero attached hydrogens (tertiary/aromatic N) is 2. The number of hydrogen-bond donors (Lipinski definition) is 0. The minimum absolute atomic E-state index is 0.486. The van der Waals surface area contributed by atoms with Gasteiger partial charge in [-0.3, -0.25) is 0 Å². The van der Waals surface area contributed by atoms with Gasteiger partial charge in [0.25, 0.3) is 0 Å². The van der Waals surface area contributed by atoms with E-state index in [4.69, 9.17) is 5.10 Å². The van der Waals surface area contributed by atoms with E-state index in [9.17, 15) is 0 Å². The molecular weight excluding hydrogens is 383 g/mol. The Balaban J connectivity index is 1.60. The molecule has 0 aliphatic rings. The van der Waals surface area contributed by atoms with Gasteiger partial charge in [-0.05, 0) is 0 Å². The summed E-state index contributed by atoms with van der Waals surface area (Å²) in [5.74, 6) is 0. The van der Waals surface area contributed by atoms with Gasteiger partial charge in [0.2, 0.25) is 0 Å². The zero-order chi connectivity index (χ0) is 17.6. The summed E-state index contributed by atoms with van der Waals surface area (Å²) in [7, 11) is 0. The number of hydrogen-bond acceptors (Lipinski definition) is 1. The van der Waals surface area contributed by atoms with E-state index in [2.05, 4.69) is 89.6 Å². The van der Waals surface area contributed by atoms with Crippen molar-refractivity contribution in [3.05, 3.63) is 103 Å². The van der Waals surface area contributed by atoms with Crippen LogP contribution in [-0.4, -0.2) is 24.7 Å². The van der Waals surface area contributed by atoms with Crippen molar-refractivity contribution < 1.29 is 0 Å². The zero-order valence-corrected chi connectivity index (χ0v) is 16.2. The van der Waals surface area contributed by atoms with Gasteiger partial charge in [-0.1, -0.05) is 0 Å². The van der Waals surface area contributed by atoms with Gasteiger partial charge in [0, 0.05) is 0 Å². The summed E-state index contributed by atoms with van der Waals surface area (Å²) >= 11 is 0.486. The van der Waals surface area contributed by atoms with Crippen LogP contribution in [0.2, 0.25) is 5.32 Å². The maximum atomic E-state index is 4.90. The van der Waals surface area contributed by atoms with Crippen molar-refractivity contribution in [2.75, 3.05) is 0 Å². The molecule has 3 aromatic carbocycles. The molecule has 1 aromatic heterocycles. The van der Waals surface area contributed by atoms with Crippen LogP contribution in [-0.2, 0) is 6.42 Å². The summed E-state index contributed by atoms with van der Waals surface area (Å²) in [5.41, 5.74) is 4.60. The second-order valence-corrected chi connectivity index (χ2v) is 8.50. The molecule has 0 radical (unpaired) electrons. The third kappa shape index (κ3) is 3.96. The Labute approximate surface area is 160 Å².